The van der Waals surface area contributed by atoms with Gasteiger partial charge in [-0.1, -0.05) is 19.9 Å². The van der Waals surface area contributed by atoms with Crippen molar-refractivity contribution >= 4 is 35.6 Å². The van der Waals surface area contributed by atoms with Gasteiger partial charge in [0.05, 0.1) is 0 Å². The third-order valence-electron chi connectivity index (χ3n) is 3.74. The van der Waals surface area contributed by atoms with Crippen LogP contribution in [0, 0.1) is 17.6 Å². The summed E-state index contributed by atoms with van der Waals surface area (Å²) >= 11 is 0. The van der Waals surface area contributed by atoms with Gasteiger partial charge in [0.15, 0.2) is 5.96 Å². The number of nitrogens with one attached hydrogen (secondary N) is 2. The third-order valence-corrected chi connectivity index (χ3v) is 3.74. The molecule has 0 bridgehead atoms. The van der Waals surface area contributed by atoms with Gasteiger partial charge in [0.25, 0.3) is 0 Å². The number of aliphatic imine (C=N–C) groups is 1. The van der Waals surface area contributed by atoms with E-state index in [-0.39, 0.29) is 35.7 Å². The molecule has 24 heavy (non-hydrogen) atoms. The van der Waals surface area contributed by atoms with Crippen molar-refractivity contribution in [1.82, 2.24) is 10.6 Å². The smallest absolute Gasteiger partial charge is 0.191 e. The molecule has 4 nitrogen and oxygen atoms in total. The summed E-state index contributed by atoms with van der Waals surface area (Å²) < 4.78 is 27.8. The molecule has 1 heterocycles. The second kappa shape index (κ2) is 10.0. The van der Waals surface area contributed by atoms with Gasteiger partial charge in [-0.3, -0.25) is 4.99 Å². The van der Waals surface area contributed by atoms with E-state index in [4.69, 9.17) is 0 Å². The Kier molecular flexibility index (Phi) is 8.72. The summed E-state index contributed by atoms with van der Waals surface area (Å²) in [6.45, 7) is 8.96. The highest BCUT2D eigenvalue weighted by Gasteiger charge is 2.27. The first kappa shape index (κ1) is 20.9. The van der Waals surface area contributed by atoms with Gasteiger partial charge < -0.3 is 15.5 Å². The first-order valence-corrected chi connectivity index (χ1v) is 8.25. The van der Waals surface area contributed by atoms with Crippen LogP contribution in [0.3, 0.4) is 0 Å². The van der Waals surface area contributed by atoms with E-state index in [0.717, 1.165) is 25.5 Å². The fourth-order valence-electron chi connectivity index (χ4n) is 2.66. The molecule has 1 aromatic carbocycles. The molecule has 1 saturated heterocycles. The topological polar surface area (TPSA) is 39.7 Å². The molecule has 1 unspecified atom stereocenters. The molecule has 0 aliphatic carbocycles. The number of guanidine groups is 1. The minimum Gasteiger partial charge on any atom is -0.365 e. The number of nitrogens with zero attached hydrogens (tertiary/aromatic N) is 2. The standard InChI is InChI=1S/C17H26F2N4.HI/c1-4-20-17(21-10-12(2)3)22-13-8-9-23(11-13)16-14(18)6-5-7-15(16)19;/h5-7,12-13H,4,8-11H2,1-3H3,(H2,20,21,22);1H. The van der Waals surface area contributed by atoms with Gasteiger partial charge in [-0.2, -0.15) is 0 Å². The predicted octanol–water partition coefficient (Wildman–Crippen LogP) is 3.37. The molecule has 2 N–H and O–H groups in total. The summed E-state index contributed by atoms with van der Waals surface area (Å²) in [4.78, 5) is 6.30. The molecule has 136 valence electrons. The Morgan fingerprint density at radius 2 is 2.00 bits per heavy atom. The highest BCUT2D eigenvalue weighted by Crippen LogP contribution is 2.26. The summed E-state index contributed by atoms with van der Waals surface area (Å²) in [6, 6.07) is 4.11. The van der Waals surface area contributed by atoms with Gasteiger partial charge in [0.2, 0.25) is 0 Å². The highest BCUT2D eigenvalue weighted by molar-refractivity contribution is 14.0. The van der Waals surface area contributed by atoms with Gasteiger partial charge in [-0.25, -0.2) is 8.78 Å². The second-order valence-corrected chi connectivity index (χ2v) is 6.26. The summed E-state index contributed by atoms with van der Waals surface area (Å²) in [5.74, 6) is 0.233. The summed E-state index contributed by atoms with van der Waals surface area (Å²) in [5, 5.41) is 6.58. The van der Waals surface area contributed by atoms with Gasteiger partial charge in [-0.05, 0) is 31.4 Å². The van der Waals surface area contributed by atoms with E-state index in [1.807, 2.05) is 6.92 Å². The van der Waals surface area contributed by atoms with Crippen LogP contribution >= 0.6 is 24.0 Å². The summed E-state index contributed by atoms with van der Waals surface area (Å²) in [7, 11) is 0. The summed E-state index contributed by atoms with van der Waals surface area (Å²) in [5.41, 5.74) is 0.0703. The van der Waals surface area contributed by atoms with Crippen LogP contribution in [0.15, 0.2) is 23.2 Å². The van der Waals surface area contributed by atoms with Crippen molar-refractivity contribution in [1.29, 1.82) is 0 Å². The monoisotopic (exact) mass is 452 g/mol. The molecule has 1 aliphatic heterocycles. The van der Waals surface area contributed by atoms with Crippen LogP contribution in [0.25, 0.3) is 0 Å². The average Bonchev–Trinajstić information content (AvgIpc) is 2.93. The number of rotatable bonds is 5. The van der Waals surface area contributed by atoms with E-state index in [1.165, 1.54) is 18.2 Å². The third kappa shape index (κ3) is 5.75. The molecule has 7 heteroatoms. The maximum atomic E-state index is 13.9. The lowest BCUT2D eigenvalue weighted by atomic mass is 10.2. The Morgan fingerprint density at radius 3 is 2.58 bits per heavy atom. The van der Waals surface area contributed by atoms with Gasteiger partial charge in [-0.15, -0.1) is 24.0 Å². The van der Waals surface area contributed by atoms with Crippen molar-refractivity contribution in [2.75, 3.05) is 31.1 Å². The number of para-hydroxylation sites is 1. The molecule has 0 radical (unpaired) electrons. The normalized spacial score (nSPS) is 17.8. The largest absolute Gasteiger partial charge is 0.365 e. The number of halogens is 3. The molecule has 0 spiro atoms. The zero-order chi connectivity index (χ0) is 16.8. The molecule has 1 atom stereocenters. The van der Waals surface area contributed by atoms with E-state index in [9.17, 15) is 8.78 Å². The number of hydrogen-bond donors (Lipinski definition) is 2. The molecule has 2 rings (SSSR count). The Hall–Kier alpha value is -1.12. The lowest BCUT2D eigenvalue weighted by molar-refractivity contribution is 0.575. The molecule has 1 fully saturated rings. The first-order valence-electron chi connectivity index (χ1n) is 8.25. The van der Waals surface area contributed by atoms with Gasteiger partial charge in [0.1, 0.15) is 17.3 Å². The van der Waals surface area contributed by atoms with Crippen LogP contribution < -0.4 is 15.5 Å². The van der Waals surface area contributed by atoms with Gasteiger partial charge in [0, 0.05) is 32.2 Å². The Labute approximate surface area is 160 Å². The molecule has 1 aliphatic rings. The molecular formula is C17H27F2IN4. The van der Waals surface area contributed by atoms with Crippen LogP contribution in [0.2, 0.25) is 0 Å². The Bertz CT molecular complexity index is 531. The van der Waals surface area contributed by atoms with Crippen molar-refractivity contribution in [2.45, 2.75) is 33.2 Å². The second-order valence-electron chi connectivity index (χ2n) is 6.26. The van der Waals surface area contributed by atoms with E-state index in [0.29, 0.717) is 19.0 Å². The van der Waals surface area contributed by atoms with E-state index < -0.39 is 11.6 Å². The lowest BCUT2D eigenvalue weighted by Crippen LogP contribution is -2.44. The van der Waals surface area contributed by atoms with Crippen LogP contribution in [-0.4, -0.2) is 38.2 Å². The molecule has 0 aromatic heterocycles. The molecule has 0 amide bonds. The lowest BCUT2D eigenvalue weighted by Gasteiger charge is -2.21. The average molecular weight is 452 g/mol. The summed E-state index contributed by atoms with van der Waals surface area (Å²) in [6.07, 6.45) is 0.819. The quantitative estimate of drug-likeness (QED) is 0.409. The molecular weight excluding hydrogens is 425 g/mol. The predicted molar refractivity (Wildman–Crippen MR) is 106 cm³/mol. The zero-order valence-electron chi connectivity index (χ0n) is 14.5. The van der Waals surface area contributed by atoms with E-state index in [2.05, 4.69) is 29.5 Å². The minimum atomic E-state index is -0.508. The zero-order valence-corrected chi connectivity index (χ0v) is 16.8. The van der Waals surface area contributed by atoms with Crippen molar-refractivity contribution in [3.05, 3.63) is 29.8 Å². The van der Waals surface area contributed by atoms with Crippen molar-refractivity contribution < 1.29 is 8.78 Å². The number of hydrogen-bond acceptors (Lipinski definition) is 2. The van der Waals surface area contributed by atoms with E-state index >= 15 is 0 Å². The van der Waals surface area contributed by atoms with Crippen molar-refractivity contribution in [2.24, 2.45) is 10.9 Å². The Morgan fingerprint density at radius 1 is 1.33 bits per heavy atom. The number of anilines is 1. The fraction of sp³-hybridized carbons (Fsp3) is 0.588. The van der Waals surface area contributed by atoms with Gasteiger partial charge >= 0.3 is 0 Å². The SMILES string of the molecule is CCNC(=NCC(C)C)NC1CCN(c2c(F)cccc2F)C1.I. The maximum Gasteiger partial charge on any atom is 0.191 e. The number of benzene rings is 1. The van der Waals surface area contributed by atoms with Crippen LogP contribution in [0.1, 0.15) is 27.2 Å². The molecule has 0 saturated carbocycles. The maximum absolute atomic E-state index is 13.9. The van der Waals surface area contributed by atoms with Crippen molar-refractivity contribution in [3.8, 4) is 0 Å². The first-order chi connectivity index (χ1) is 11.0. The molecule has 1 aromatic rings. The highest BCUT2D eigenvalue weighted by atomic mass is 127. The Balaban J connectivity index is 0.00000288. The minimum absolute atomic E-state index is 0. The van der Waals surface area contributed by atoms with Crippen molar-refractivity contribution in [3.63, 3.8) is 0 Å². The van der Waals surface area contributed by atoms with E-state index in [1.54, 1.807) is 4.90 Å². The fourth-order valence-corrected chi connectivity index (χ4v) is 2.66. The van der Waals surface area contributed by atoms with Crippen LogP contribution in [-0.2, 0) is 0 Å². The van der Waals surface area contributed by atoms with Crippen LogP contribution in [0.5, 0.6) is 0 Å². The van der Waals surface area contributed by atoms with Crippen LogP contribution in [0.4, 0.5) is 14.5 Å².